The van der Waals surface area contributed by atoms with Crippen LogP contribution in [0, 0.1) is 5.82 Å². The van der Waals surface area contributed by atoms with Crippen molar-refractivity contribution in [2.24, 2.45) is 0 Å². The second-order valence-corrected chi connectivity index (χ2v) is 7.07. The monoisotopic (exact) mass is 373 g/mol. The molecule has 26 heavy (non-hydrogen) atoms. The Hall–Kier alpha value is -2.20. The van der Waals surface area contributed by atoms with Gasteiger partial charge in [-0.3, -0.25) is 9.59 Å². The highest BCUT2D eigenvalue weighted by atomic mass is 35.5. The molecule has 1 aliphatic heterocycles. The second-order valence-electron chi connectivity index (χ2n) is 6.64. The number of rotatable bonds is 5. The minimum atomic E-state index is -0.374. The maximum atomic E-state index is 12.9. The highest BCUT2D eigenvalue weighted by Gasteiger charge is 2.24. The number of hydrogen-bond donors (Lipinski definition) is 0. The van der Waals surface area contributed by atoms with E-state index in [1.165, 1.54) is 29.8 Å². The Morgan fingerprint density at radius 2 is 1.58 bits per heavy atom. The van der Waals surface area contributed by atoms with Gasteiger partial charge in [-0.1, -0.05) is 23.7 Å². The summed E-state index contributed by atoms with van der Waals surface area (Å²) in [4.78, 5) is 26.3. The van der Waals surface area contributed by atoms with E-state index in [-0.39, 0.29) is 30.3 Å². The molecule has 1 amide bonds. The van der Waals surface area contributed by atoms with Crippen molar-refractivity contribution >= 4 is 23.3 Å². The van der Waals surface area contributed by atoms with Crippen molar-refractivity contribution in [1.82, 2.24) is 4.90 Å². The first kappa shape index (κ1) is 18.6. The molecular formula is C21H21ClFNO2. The minimum absolute atomic E-state index is 0.00928. The second kappa shape index (κ2) is 8.45. The van der Waals surface area contributed by atoms with E-state index in [4.69, 9.17) is 11.6 Å². The molecule has 3 rings (SSSR count). The van der Waals surface area contributed by atoms with Crippen molar-refractivity contribution in [3.05, 3.63) is 70.5 Å². The summed E-state index contributed by atoms with van der Waals surface area (Å²) >= 11 is 5.93. The van der Waals surface area contributed by atoms with E-state index < -0.39 is 0 Å². The average Bonchev–Trinajstić information content (AvgIpc) is 2.67. The van der Waals surface area contributed by atoms with Crippen LogP contribution < -0.4 is 0 Å². The normalized spacial score (nSPS) is 15.1. The molecule has 0 radical (unpaired) electrons. The molecule has 136 valence electrons. The van der Waals surface area contributed by atoms with Crippen molar-refractivity contribution in [2.45, 2.75) is 31.6 Å². The summed E-state index contributed by atoms with van der Waals surface area (Å²) in [6.45, 7) is 1.41. The summed E-state index contributed by atoms with van der Waals surface area (Å²) < 4.78 is 12.9. The van der Waals surface area contributed by atoms with E-state index in [0.717, 1.165) is 17.9 Å². The Morgan fingerprint density at radius 3 is 2.19 bits per heavy atom. The Bertz CT molecular complexity index is 766. The third kappa shape index (κ3) is 4.70. The lowest BCUT2D eigenvalue weighted by Crippen LogP contribution is -2.38. The molecule has 0 atom stereocenters. The minimum Gasteiger partial charge on any atom is -0.343 e. The number of likely N-dealkylation sites (tertiary alicyclic amines) is 1. The van der Waals surface area contributed by atoms with E-state index in [0.29, 0.717) is 24.6 Å². The lowest BCUT2D eigenvalue weighted by molar-refractivity contribution is -0.132. The molecule has 2 aromatic carbocycles. The van der Waals surface area contributed by atoms with Gasteiger partial charge in [-0.2, -0.15) is 0 Å². The number of carbonyl (C=O) groups excluding carboxylic acids is 2. The van der Waals surface area contributed by atoms with E-state index in [1.54, 1.807) is 0 Å². The van der Waals surface area contributed by atoms with Crippen molar-refractivity contribution in [3.8, 4) is 0 Å². The van der Waals surface area contributed by atoms with Crippen LogP contribution in [0.25, 0.3) is 0 Å². The topological polar surface area (TPSA) is 37.4 Å². The molecule has 0 aliphatic carbocycles. The highest BCUT2D eigenvalue weighted by molar-refractivity contribution is 6.30. The van der Waals surface area contributed by atoms with Gasteiger partial charge < -0.3 is 4.90 Å². The Labute approximate surface area is 157 Å². The molecule has 0 saturated carbocycles. The molecule has 5 heteroatoms. The molecule has 0 spiro atoms. The maximum absolute atomic E-state index is 12.9. The molecule has 1 aliphatic rings. The SMILES string of the molecule is O=C(CCC(=O)N1CCC(c2ccc(Cl)cc2)CC1)c1ccc(F)cc1. The highest BCUT2D eigenvalue weighted by Crippen LogP contribution is 2.29. The number of nitrogens with zero attached hydrogens (tertiary/aromatic N) is 1. The summed E-state index contributed by atoms with van der Waals surface area (Å²) in [5.74, 6) is -0.0530. The Balaban J connectivity index is 1.47. The number of benzene rings is 2. The standard InChI is InChI=1S/C21H21ClFNO2/c22-18-5-1-15(2-6-18)16-11-13-24(14-12-16)21(26)10-9-20(25)17-3-7-19(23)8-4-17/h1-8,16H,9-14H2. The first-order valence-electron chi connectivity index (χ1n) is 8.85. The zero-order valence-electron chi connectivity index (χ0n) is 14.5. The smallest absolute Gasteiger partial charge is 0.223 e. The third-order valence-corrected chi connectivity index (χ3v) is 5.17. The molecule has 0 N–H and O–H groups in total. The van der Waals surface area contributed by atoms with Gasteiger partial charge in [0, 0.05) is 36.5 Å². The van der Waals surface area contributed by atoms with Crippen molar-refractivity contribution in [1.29, 1.82) is 0 Å². The molecule has 0 bridgehead atoms. The zero-order chi connectivity index (χ0) is 18.5. The Morgan fingerprint density at radius 1 is 0.962 bits per heavy atom. The molecule has 3 nitrogen and oxygen atoms in total. The van der Waals surface area contributed by atoms with Crippen LogP contribution in [0.15, 0.2) is 48.5 Å². The van der Waals surface area contributed by atoms with Crippen molar-refractivity contribution < 1.29 is 14.0 Å². The summed E-state index contributed by atoms with van der Waals surface area (Å²) in [6.07, 6.45) is 2.18. The first-order valence-corrected chi connectivity index (χ1v) is 9.23. The molecule has 1 fully saturated rings. The number of Topliss-reactive ketones (excluding diaryl/α,β-unsaturated/α-hetero) is 1. The lowest BCUT2D eigenvalue weighted by atomic mass is 9.89. The number of ketones is 1. The quantitative estimate of drug-likeness (QED) is 0.703. The van der Waals surface area contributed by atoms with Gasteiger partial charge in [0.1, 0.15) is 5.82 Å². The van der Waals surface area contributed by atoms with E-state index >= 15 is 0 Å². The van der Waals surface area contributed by atoms with Gasteiger partial charge in [0.2, 0.25) is 5.91 Å². The van der Waals surface area contributed by atoms with Crippen molar-refractivity contribution in [2.75, 3.05) is 13.1 Å². The maximum Gasteiger partial charge on any atom is 0.223 e. The summed E-state index contributed by atoms with van der Waals surface area (Å²) in [5, 5.41) is 0.729. The fourth-order valence-corrected chi connectivity index (χ4v) is 3.48. The number of piperidine rings is 1. The number of amides is 1. The molecule has 0 aromatic heterocycles. The van der Waals surface area contributed by atoms with E-state index in [2.05, 4.69) is 0 Å². The van der Waals surface area contributed by atoms with Gasteiger partial charge >= 0.3 is 0 Å². The van der Waals surface area contributed by atoms with E-state index in [9.17, 15) is 14.0 Å². The average molecular weight is 374 g/mol. The number of carbonyl (C=O) groups is 2. The van der Waals surface area contributed by atoms with Crippen LogP contribution in [-0.4, -0.2) is 29.7 Å². The number of halogens is 2. The Kier molecular flexibility index (Phi) is 6.04. The third-order valence-electron chi connectivity index (χ3n) is 4.92. The van der Waals surface area contributed by atoms with Crippen molar-refractivity contribution in [3.63, 3.8) is 0 Å². The van der Waals surface area contributed by atoms with Gasteiger partial charge in [-0.15, -0.1) is 0 Å². The lowest BCUT2D eigenvalue weighted by Gasteiger charge is -2.32. The molecule has 1 heterocycles. The van der Waals surface area contributed by atoms with Gasteiger partial charge in [0.05, 0.1) is 0 Å². The van der Waals surface area contributed by atoms with Crippen LogP contribution in [0.5, 0.6) is 0 Å². The summed E-state index contributed by atoms with van der Waals surface area (Å²) in [6, 6.07) is 13.3. The van der Waals surface area contributed by atoms with Crippen LogP contribution in [0.2, 0.25) is 5.02 Å². The van der Waals surface area contributed by atoms with Crippen LogP contribution in [0.3, 0.4) is 0 Å². The van der Waals surface area contributed by atoms with Crippen LogP contribution in [-0.2, 0) is 4.79 Å². The van der Waals surface area contributed by atoms with Crippen LogP contribution in [0.4, 0.5) is 4.39 Å². The van der Waals surface area contributed by atoms with Gasteiger partial charge in [-0.05, 0) is 60.7 Å². The fraction of sp³-hybridized carbons (Fsp3) is 0.333. The molecule has 1 saturated heterocycles. The van der Waals surface area contributed by atoms with Gasteiger partial charge in [0.15, 0.2) is 5.78 Å². The first-order chi connectivity index (χ1) is 12.5. The summed E-state index contributed by atoms with van der Waals surface area (Å²) in [5.41, 5.74) is 1.70. The van der Waals surface area contributed by atoms with Crippen LogP contribution in [0.1, 0.15) is 47.5 Å². The molecular weight excluding hydrogens is 353 g/mol. The predicted molar refractivity (Wildman–Crippen MR) is 100.0 cm³/mol. The zero-order valence-corrected chi connectivity index (χ0v) is 15.2. The van der Waals surface area contributed by atoms with Crippen LogP contribution >= 0.6 is 11.6 Å². The predicted octanol–water partition coefficient (Wildman–Crippen LogP) is 4.85. The summed E-state index contributed by atoms with van der Waals surface area (Å²) in [7, 11) is 0. The molecule has 2 aromatic rings. The fourth-order valence-electron chi connectivity index (χ4n) is 3.36. The molecule has 0 unspecified atom stereocenters. The largest absolute Gasteiger partial charge is 0.343 e. The number of hydrogen-bond acceptors (Lipinski definition) is 2. The van der Waals surface area contributed by atoms with Gasteiger partial charge in [0.25, 0.3) is 0 Å². The van der Waals surface area contributed by atoms with E-state index in [1.807, 2.05) is 29.2 Å². The van der Waals surface area contributed by atoms with Gasteiger partial charge in [-0.25, -0.2) is 4.39 Å².